The highest BCUT2D eigenvalue weighted by molar-refractivity contribution is 5.89. The van der Waals surface area contributed by atoms with Crippen molar-refractivity contribution in [2.24, 2.45) is 5.16 Å². The predicted molar refractivity (Wildman–Crippen MR) is 33.8 cm³/mol. The Morgan fingerprint density at radius 1 is 1.67 bits per heavy atom. The molecule has 1 unspecified atom stereocenters. The Hall–Kier alpha value is -0.570. The summed E-state index contributed by atoms with van der Waals surface area (Å²) in [5.41, 5.74) is 0.552. The van der Waals surface area contributed by atoms with Crippen LogP contribution in [0, 0.1) is 0 Å². The van der Waals surface area contributed by atoms with Gasteiger partial charge < -0.3 is 9.94 Å². The van der Waals surface area contributed by atoms with Crippen molar-refractivity contribution in [1.82, 2.24) is 0 Å². The minimum Gasteiger partial charge on any atom is -0.411 e. The number of nitrogens with zero attached hydrogens (tertiary/aromatic N) is 1. The molecule has 0 aromatic heterocycles. The maximum Gasteiger partial charge on any atom is 0.128 e. The van der Waals surface area contributed by atoms with Crippen molar-refractivity contribution < 1.29 is 9.94 Å². The highest BCUT2D eigenvalue weighted by Crippen LogP contribution is 2.35. The Morgan fingerprint density at radius 2 is 2.11 bits per heavy atom. The van der Waals surface area contributed by atoms with Gasteiger partial charge >= 0.3 is 0 Å². The minimum absolute atomic E-state index is 0.0301. The fourth-order valence-electron chi connectivity index (χ4n) is 0.910. The summed E-state index contributed by atoms with van der Waals surface area (Å²) in [5.74, 6) is 0. The summed E-state index contributed by atoms with van der Waals surface area (Å²) in [6.07, 6.45) is 0.0301. The van der Waals surface area contributed by atoms with Crippen LogP contribution in [0.25, 0.3) is 0 Å². The van der Waals surface area contributed by atoms with E-state index < -0.39 is 0 Å². The third-order valence-corrected chi connectivity index (χ3v) is 1.53. The second-order valence-electron chi connectivity index (χ2n) is 2.84. The van der Waals surface area contributed by atoms with Crippen molar-refractivity contribution in [1.29, 1.82) is 0 Å². The average Bonchev–Trinajstić information content (AvgIpc) is 2.38. The molecule has 3 heteroatoms. The van der Waals surface area contributed by atoms with Crippen molar-refractivity contribution in [2.45, 2.75) is 32.5 Å². The highest BCUT2D eigenvalue weighted by Gasteiger charge is 2.50. The maximum atomic E-state index is 8.29. The maximum absolute atomic E-state index is 8.29. The van der Waals surface area contributed by atoms with Gasteiger partial charge in [-0.25, -0.2) is 0 Å². The topological polar surface area (TPSA) is 45.1 Å². The molecule has 3 nitrogen and oxygen atoms in total. The lowest BCUT2D eigenvalue weighted by Crippen LogP contribution is -2.10. The van der Waals surface area contributed by atoms with E-state index in [9.17, 15) is 0 Å². The second kappa shape index (κ2) is 1.70. The molecule has 9 heavy (non-hydrogen) atoms. The SMILES string of the molecule is CC(=NO)C1OC1(C)C. The smallest absolute Gasteiger partial charge is 0.128 e. The van der Waals surface area contributed by atoms with Crippen molar-refractivity contribution in [3.63, 3.8) is 0 Å². The van der Waals surface area contributed by atoms with Crippen LogP contribution in [0.1, 0.15) is 20.8 Å². The van der Waals surface area contributed by atoms with Gasteiger partial charge in [0.05, 0.1) is 11.3 Å². The van der Waals surface area contributed by atoms with Gasteiger partial charge in [-0.1, -0.05) is 5.16 Å². The number of oxime groups is 1. The van der Waals surface area contributed by atoms with E-state index in [-0.39, 0.29) is 11.7 Å². The molecular formula is C6H11NO2. The minimum atomic E-state index is -0.101. The van der Waals surface area contributed by atoms with Crippen molar-refractivity contribution in [3.05, 3.63) is 0 Å². The van der Waals surface area contributed by atoms with Crippen LogP contribution in [-0.2, 0) is 4.74 Å². The third-order valence-electron chi connectivity index (χ3n) is 1.53. The van der Waals surface area contributed by atoms with Gasteiger partial charge in [-0.3, -0.25) is 0 Å². The molecule has 0 aromatic carbocycles. The Kier molecular flexibility index (Phi) is 1.24. The fourth-order valence-corrected chi connectivity index (χ4v) is 0.910. The van der Waals surface area contributed by atoms with Crippen molar-refractivity contribution in [2.75, 3.05) is 0 Å². The number of rotatable bonds is 1. The largest absolute Gasteiger partial charge is 0.411 e. The van der Waals surface area contributed by atoms with Crippen LogP contribution in [0.5, 0.6) is 0 Å². The molecule has 0 amide bonds. The van der Waals surface area contributed by atoms with Gasteiger partial charge in [-0.2, -0.15) is 0 Å². The Morgan fingerprint density at radius 3 is 2.22 bits per heavy atom. The van der Waals surface area contributed by atoms with E-state index in [0.29, 0.717) is 5.71 Å². The van der Waals surface area contributed by atoms with Crippen LogP contribution in [0.15, 0.2) is 5.16 Å². The van der Waals surface area contributed by atoms with Crippen LogP contribution in [0.4, 0.5) is 0 Å². The van der Waals surface area contributed by atoms with E-state index >= 15 is 0 Å². The first-order valence-corrected chi connectivity index (χ1v) is 2.94. The third kappa shape index (κ3) is 1.05. The normalized spacial score (nSPS) is 32.3. The summed E-state index contributed by atoms with van der Waals surface area (Å²) in [5, 5.41) is 11.3. The Bertz CT molecular complexity index is 151. The second-order valence-corrected chi connectivity index (χ2v) is 2.84. The standard InChI is InChI=1S/C6H11NO2/c1-4(7-8)5-6(2,3)9-5/h5,8H,1-3H3. The molecule has 1 aliphatic heterocycles. The van der Waals surface area contributed by atoms with Gasteiger partial charge in [-0.15, -0.1) is 0 Å². The number of epoxide rings is 1. The van der Waals surface area contributed by atoms with Crippen molar-refractivity contribution >= 4 is 5.71 Å². The summed E-state index contributed by atoms with van der Waals surface area (Å²) in [4.78, 5) is 0. The summed E-state index contributed by atoms with van der Waals surface area (Å²) in [6.45, 7) is 5.68. The lowest BCUT2D eigenvalue weighted by Gasteiger charge is -1.91. The van der Waals surface area contributed by atoms with Gasteiger partial charge in [0, 0.05) is 0 Å². The van der Waals surface area contributed by atoms with E-state index in [1.54, 1.807) is 6.92 Å². The average molecular weight is 129 g/mol. The van der Waals surface area contributed by atoms with E-state index in [4.69, 9.17) is 9.94 Å². The molecule has 0 saturated carbocycles. The summed E-state index contributed by atoms with van der Waals surface area (Å²) >= 11 is 0. The van der Waals surface area contributed by atoms with Crippen LogP contribution < -0.4 is 0 Å². The molecule has 52 valence electrons. The zero-order valence-corrected chi connectivity index (χ0v) is 5.88. The van der Waals surface area contributed by atoms with Crippen molar-refractivity contribution in [3.8, 4) is 0 Å². The molecule has 1 N–H and O–H groups in total. The molecule has 0 aliphatic carbocycles. The number of hydrogen-bond donors (Lipinski definition) is 1. The van der Waals surface area contributed by atoms with Crippen LogP contribution in [-0.4, -0.2) is 22.6 Å². The molecule has 0 spiro atoms. The van der Waals surface area contributed by atoms with Gasteiger partial charge in [0.1, 0.15) is 6.10 Å². The van der Waals surface area contributed by atoms with Crippen LogP contribution in [0.3, 0.4) is 0 Å². The molecule has 1 atom stereocenters. The summed E-state index contributed by atoms with van der Waals surface area (Å²) in [7, 11) is 0. The van der Waals surface area contributed by atoms with Gasteiger partial charge in [-0.05, 0) is 20.8 Å². The van der Waals surface area contributed by atoms with Gasteiger partial charge in [0.15, 0.2) is 0 Å². The molecule has 1 fully saturated rings. The van der Waals surface area contributed by atoms with E-state index in [1.165, 1.54) is 0 Å². The molecule has 1 heterocycles. The van der Waals surface area contributed by atoms with Gasteiger partial charge in [0.2, 0.25) is 0 Å². The first-order chi connectivity index (χ1) is 4.08. The van der Waals surface area contributed by atoms with Gasteiger partial charge in [0.25, 0.3) is 0 Å². The number of hydrogen-bond acceptors (Lipinski definition) is 3. The quantitative estimate of drug-likeness (QED) is 0.248. The molecule has 0 bridgehead atoms. The fraction of sp³-hybridized carbons (Fsp3) is 0.833. The van der Waals surface area contributed by atoms with E-state index in [1.807, 2.05) is 13.8 Å². The lowest BCUT2D eigenvalue weighted by molar-refractivity contribution is 0.310. The molecule has 0 aromatic rings. The molecule has 1 aliphatic rings. The van der Waals surface area contributed by atoms with Crippen LogP contribution in [0.2, 0.25) is 0 Å². The highest BCUT2D eigenvalue weighted by atomic mass is 16.6. The van der Waals surface area contributed by atoms with E-state index in [2.05, 4.69) is 5.16 Å². The lowest BCUT2D eigenvalue weighted by atomic mass is 10.1. The first-order valence-electron chi connectivity index (χ1n) is 2.94. The first kappa shape index (κ1) is 6.55. The summed E-state index contributed by atoms with van der Waals surface area (Å²) in [6, 6.07) is 0. The summed E-state index contributed by atoms with van der Waals surface area (Å²) < 4.78 is 5.17. The zero-order valence-electron chi connectivity index (χ0n) is 5.88. The molecule has 0 radical (unpaired) electrons. The number of ether oxygens (including phenoxy) is 1. The van der Waals surface area contributed by atoms with E-state index in [0.717, 1.165) is 0 Å². The Labute approximate surface area is 54.3 Å². The monoisotopic (exact) mass is 129 g/mol. The van der Waals surface area contributed by atoms with Crippen LogP contribution >= 0.6 is 0 Å². The zero-order chi connectivity index (χ0) is 7.07. The predicted octanol–water partition coefficient (Wildman–Crippen LogP) is 1.01. The molecule has 1 saturated heterocycles. The Balaban J connectivity index is 2.52. The molecule has 1 rings (SSSR count). The molecular weight excluding hydrogens is 118 g/mol.